The summed E-state index contributed by atoms with van der Waals surface area (Å²) in [7, 11) is 0. The van der Waals surface area contributed by atoms with Gasteiger partial charge in [0.2, 0.25) is 11.8 Å². The summed E-state index contributed by atoms with van der Waals surface area (Å²) in [6.07, 6.45) is 4.93. The fourth-order valence-corrected chi connectivity index (χ4v) is 3.14. The molecule has 5 heteroatoms. The van der Waals surface area contributed by atoms with Crippen molar-refractivity contribution in [1.29, 1.82) is 0 Å². The van der Waals surface area contributed by atoms with Crippen molar-refractivity contribution in [2.24, 2.45) is 11.3 Å². The lowest BCUT2D eigenvalue weighted by molar-refractivity contribution is -0.121. The molecule has 1 fully saturated rings. The Balaban J connectivity index is 2.28. The van der Waals surface area contributed by atoms with Gasteiger partial charge in [-0.25, -0.2) is 0 Å². The average Bonchev–Trinajstić information content (AvgIpc) is 2.40. The van der Waals surface area contributed by atoms with E-state index in [0.717, 1.165) is 6.42 Å². The summed E-state index contributed by atoms with van der Waals surface area (Å²) in [6.45, 7) is 9.64. The number of carbonyl (C=O) groups is 2. The van der Waals surface area contributed by atoms with Gasteiger partial charge in [0.1, 0.15) is 0 Å². The molecule has 2 unspecified atom stereocenters. The molecular weight excluding hydrogens is 266 g/mol. The molecule has 0 aromatic rings. The van der Waals surface area contributed by atoms with Gasteiger partial charge < -0.3 is 16.0 Å². The Morgan fingerprint density at radius 1 is 1.05 bits per heavy atom. The van der Waals surface area contributed by atoms with Crippen molar-refractivity contribution in [3.05, 3.63) is 0 Å². The molecule has 0 spiro atoms. The summed E-state index contributed by atoms with van der Waals surface area (Å²) in [4.78, 5) is 22.5. The van der Waals surface area contributed by atoms with E-state index >= 15 is 0 Å². The van der Waals surface area contributed by atoms with Crippen molar-refractivity contribution in [3.63, 3.8) is 0 Å². The van der Waals surface area contributed by atoms with Crippen molar-refractivity contribution < 1.29 is 9.59 Å². The van der Waals surface area contributed by atoms with Crippen molar-refractivity contribution in [3.8, 4) is 0 Å². The fourth-order valence-electron chi connectivity index (χ4n) is 3.14. The van der Waals surface area contributed by atoms with Gasteiger partial charge in [-0.2, -0.15) is 0 Å². The molecule has 2 atom stereocenters. The van der Waals surface area contributed by atoms with Crippen molar-refractivity contribution in [2.45, 2.75) is 59.4 Å². The van der Waals surface area contributed by atoms with E-state index < -0.39 is 0 Å². The number of nitrogens with one attached hydrogen (secondary N) is 3. The molecule has 2 amide bonds. The fraction of sp³-hybridized carbons (Fsp3) is 0.875. The van der Waals surface area contributed by atoms with Crippen molar-refractivity contribution in [1.82, 2.24) is 16.0 Å². The Bertz CT molecular complexity index is 350. The lowest BCUT2D eigenvalue weighted by atomic mass is 9.69. The molecule has 5 nitrogen and oxygen atoms in total. The van der Waals surface area contributed by atoms with Crippen LogP contribution >= 0.6 is 0 Å². The van der Waals surface area contributed by atoms with Crippen LogP contribution in [0.25, 0.3) is 0 Å². The molecule has 1 aliphatic carbocycles. The first-order chi connectivity index (χ1) is 9.80. The second-order valence-electron chi connectivity index (χ2n) is 7.08. The summed E-state index contributed by atoms with van der Waals surface area (Å²) < 4.78 is 0. The number of hydrogen-bond donors (Lipinski definition) is 3. The largest absolute Gasteiger partial charge is 0.355 e. The third-order valence-electron chi connectivity index (χ3n) is 4.22. The maximum absolute atomic E-state index is 11.8. The maximum Gasteiger partial charge on any atom is 0.234 e. The molecule has 1 aliphatic rings. The normalized spacial score (nSPS) is 22.7. The monoisotopic (exact) mass is 297 g/mol. The van der Waals surface area contributed by atoms with Crippen LogP contribution in [0.1, 0.15) is 53.4 Å². The predicted octanol–water partition coefficient (Wildman–Crippen LogP) is 1.43. The highest BCUT2D eigenvalue weighted by Gasteiger charge is 2.33. The summed E-state index contributed by atoms with van der Waals surface area (Å²) in [5.41, 5.74) is 0.278. The molecule has 1 saturated carbocycles. The molecule has 122 valence electrons. The standard InChI is InChI=1S/C16H31N3O2/c1-12(20)17-9-10-18-15(21)11-19-14-8-6-5-7-13(14)16(2,3)4/h13-14,19H,5-11H2,1-4H3,(H,17,20)(H,18,21). The minimum absolute atomic E-state index is 0.00131. The summed E-state index contributed by atoms with van der Waals surface area (Å²) >= 11 is 0. The number of hydrogen-bond acceptors (Lipinski definition) is 3. The number of carbonyl (C=O) groups excluding carboxylic acids is 2. The van der Waals surface area contributed by atoms with E-state index in [1.807, 2.05) is 0 Å². The Hall–Kier alpha value is -1.10. The Labute approximate surface area is 128 Å². The molecule has 0 bridgehead atoms. The van der Waals surface area contributed by atoms with Crippen molar-refractivity contribution in [2.75, 3.05) is 19.6 Å². The Morgan fingerprint density at radius 2 is 1.67 bits per heavy atom. The van der Waals surface area contributed by atoms with Gasteiger partial charge in [0.25, 0.3) is 0 Å². The van der Waals surface area contributed by atoms with E-state index in [1.165, 1.54) is 26.2 Å². The quantitative estimate of drug-likeness (QED) is 0.650. The molecule has 0 aromatic heterocycles. The third kappa shape index (κ3) is 6.93. The van der Waals surface area contributed by atoms with Crippen LogP contribution in [0.5, 0.6) is 0 Å². The summed E-state index contributed by atoms with van der Waals surface area (Å²) in [6, 6.07) is 0.430. The Morgan fingerprint density at radius 3 is 2.29 bits per heavy atom. The first-order valence-electron chi connectivity index (χ1n) is 8.05. The maximum atomic E-state index is 11.8. The van der Waals surface area contributed by atoms with Crippen LogP contribution in [0.3, 0.4) is 0 Å². The van der Waals surface area contributed by atoms with Crippen molar-refractivity contribution >= 4 is 11.8 Å². The minimum atomic E-state index is -0.0717. The van der Waals surface area contributed by atoms with Crippen LogP contribution in [-0.4, -0.2) is 37.5 Å². The van der Waals surface area contributed by atoms with Crippen LogP contribution < -0.4 is 16.0 Å². The van der Waals surface area contributed by atoms with Gasteiger partial charge in [-0.15, -0.1) is 0 Å². The SMILES string of the molecule is CC(=O)NCCNC(=O)CNC1CCCCC1C(C)(C)C. The van der Waals surface area contributed by atoms with E-state index in [1.54, 1.807) is 0 Å². The Kier molecular flexibility index (Phi) is 7.15. The first kappa shape index (κ1) is 18.0. The molecule has 21 heavy (non-hydrogen) atoms. The molecule has 1 rings (SSSR count). The van der Waals surface area contributed by atoms with E-state index in [-0.39, 0.29) is 17.2 Å². The van der Waals surface area contributed by atoms with E-state index in [9.17, 15) is 9.59 Å². The lowest BCUT2D eigenvalue weighted by Gasteiger charge is -2.40. The zero-order valence-corrected chi connectivity index (χ0v) is 13.9. The predicted molar refractivity (Wildman–Crippen MR) is 84.9 cm³/mol. The molecule has 0 saturated heterocycles. The van der Waals surface area contributed by atoms with Gasteiger partial charge >= 0.3 is 0 Å². The summed E-state index contributed by atoms with van der Waals surface area (Å²) in [5, 5.41) is 8.90. The zero-order valence-electron chi connectivity index (χ0n) is 13.9. The van der Waals surface area contributed by atoms with Crippen LogP contribution in [-0.2, 0) is 9.59 Å². The third-order valence-corrected chi connectivity index (χ3v) is 4.22. The molecule has 0 radical (unpaired) electrons. The minimum Gasteiger partial charge on any atom is -0.355 e. The summed E-state index contributed by atoms with van der Waals surface area (Å²) in [5.74, 6) is 0.551. The second kappa shape index (κ2) is 8.37. The van der Waals surface area contributed by atoms with Crippen LogP contribution in [0.15, 0.2) is 0 Å². The first-order valence-corrected chi connectivity index (χ1v) is 8.05. The highest BCUT2D eigenvalue weighted by molar-refractivity contribution is 5.78. The average molecular weight is 297 g/mol. The van der Waals surface area contributed by atoms with E-state index in [2.05, 4.69) is 36.7 Å². The van der Waals surface area contributed by atoms with Gasteiger partial charge in [0, 0.05) is 26.1 Å². The van der Waals surface area contributed by atoms with Gasteiger partial charge in [0.15, 0.2) is 0 Å². The number of rotatable bonds is 6. The molecule has 3 N–H and O–H groups in total. The van der Waals surface area contributed by atoms with Crippen LogP contribution in [0.4, 0.5) is 0 Å². The zero-order chi connectivity index (χ0) is 15.9. The molecular formula is C16H31N3O2. The van der Waals surface area contributed by atoms with Gasteiger partial charge in [0.05, 0.1) is 6.54 Å². The molecule has 0 aliphatic heterocycles. The van der Waals surface area contributed by atoms with Gasteiger partial charge in [-0.1, -0.05) is 33.6 Å². The highest BCUT2D eigenvalue weighted by atomic mass is 16.2. The smallest absolute Gasteiger partial charge is 0.234 e. The molecule has 0 heterocycles. The number of amides is 2. The topological polar surface area (TPSA) is 70.2 Å². The lowest BCUT2D eigenvalue weighted by Crippen LogP contribution is -2.48. The van der Waals surface area contributed by atoms with Gasteiger partial charge in [-0.05, 0) is 24.2 Å². The van der Waals surface area contributed by atoms with E-state index in [4.69, 9.17) is 0 Å². The van der Waals surface area contributed by atoms with Gasteiger partial charge in [-0.3, -0.25) is 9.59 Å². The second-order valence-corrected chi connectivity index (χ2v) is 7.08. The van der Waals surface area contributed by atoms with E-state index in [0.29, 0.717) is 31.6 Å². The highest BCUT2D eigenvalue weighted by Crippen LogP contribution is 2.37. The van der Waals surface area contributed by atoms with Crippen LogP contribution in [0, 0.1) is 11.3 Å². The van der Waals surface area contributed by atoms with Crippen LogP contribution in [0.2, 0.25) is 0 Å². The molecule has 0 aromatic carbocycles.